The fourth-order valence-corrected chi connectivity index (χ4v) is 3.45. The molecular weight excluding hydrogens is 330 g/mol. The summed E-state index contributed by atoms with van der Waals surface area (Å²) in [6, 6.07) is 6.38. The third-order valence-electron chi connectivity index (χ3n) is 4.23. The van der Waals surface area contributed by atoms with E-state index in [2.05, 4.69) is 5.32 Å². The average molecular weight is 353 g/mol. The summed E-state index contributed by atoms with van der Waals surface area (Å²) in [7, 11) is -3.18. The molecule has 0 aromatic heterocycles. The molecular formula is C16H23N3O4S. The lowest BCUT2D eigenvalue weighted by Crippen LogP contribution is -2.53. The zero-order valence-corrected chi connectivity index (χ0v) is 15.0. The van der Waals surface area contributed by atoms with Crippen molar-refractivity contribution in [2.24, 2.45) is 0 Å². The van der Waals surface area contributed by atoms with Crippen molar-refractivity contribution in [3.63, 3.8) is 0 Å². The van der Waals surface area contributed by atoms with E-state index < -0.39 is 10.0 Å². The van der Waals surface area contributed by atoms with Crippen molar-refractivity contribution in [1.82, 2.24) is 9.21 Å². The lowest BCUT2D eigenvalue weighted by Gasteiger charge is -2.36. The lowest BCUT2D eigenvalue weighted by molar-refractivity contribution is -0.121. The molecule has 1 aliphatic rings. The first-order valence-electron chi connectivity index (χ1n) is 7.79. The molecule has 1 saturated heterocycles. The van der Waals surface area contributed by atoms with Gasteiger partial charge in [-0.05, 0) is 38.1 Å². The van der Waals surface area contributed by atoms with Gasteiger partial charge in [-0.15, -0.1) is 0 Å². The fourth-order valence-electron chi connectivity index (χ4n) is 2.62. The van der Waals surface area contributed by atoms with Crippen LogP contribution in [0.3, 0.4) is 0 Å². The van der Waals surface area contributed by atoms with Crippen LogP contribution >= 0.6 is 0 Å². The largest absolute Gasteiger partial charge is 0.325 e. The maximum absolute atomic E-state index is 12.4. The maximum Gasteiger partial charge on any atom is 0.241 e. The Labute approximate surface area is 142 Å². The van der Waals surface area contributed by atoms with Crippen LogP contribution in [-0.2, 0) is 14.8 Å². The van der Waals surface area contributed by atoms with Gasteiger partial charge in [-0.2, -0.15) is 4.31 Å². The number of benzene rings is 1. The highest BCUT2D eigenvalue weighted by molar-refractivity contribution is 7.88. The third kappa shape index (κ3) is 4.62. The van der Waals surface area contributed by atoms with Gasteiger partial charge in [0.25, 0.3) is 0 Å². The highest BCUT2D eigenvalue weighted by Crippen LogP contribution is 2.13. The smallest absolute Gasteiger partial charge is 0.241 e. The molecule has 0 radical (unpaired) electrons. The Morgan fingerprint density at radius 3 is 2.08 bits per heavy atom. The fraction of sp³-hybridized carbons (Fsp3) is 0.500. The van der Waals surface area contributed by atoms with Gasteiger partial charge in [0.05, 0.1) is 12.3 Å². The number of sulfonamides is 1. The van der Waals surface area contributed by atoms with Gasteiger partial charge in [0.1, 0.15) is 0 Å². The van der Waals surface area contributed by atoms with Gasteiger partial charge in [-0.3, -0.25) is 14.5 Å². The Hall–Kier alpha value is -1.77. The summed E-state index contributed by atoms with van der Waals surface area (Å²) in [5.41, 5.74) is 1.23. The monoisotopic (exact) mass is 353 g/mol. The Balaban J connectivity index is 1.92. The van der Waals surface area contributed by atoms with Crippen LogP contribution in [0, 0.1) is 0 Å². The molecule has 0 aliphatic carbocycles. The molecule has 7 nitrogen and oxygen atoms in total. The van der Waals surface area contributed by atoms with Gasteiger partial charge < -0.3 is 5.32 Å². The molecule has 1 atom stereocenters. The van der Waals surface area contributed by atoms with Crippen LogP contribution in [0.25, 0.3) is 0 Å². The summed E-state index contributed by atoms with van der Waals surface area (Å²) >= 11 is 0. The van der Waals surface area contributed by atoms with Gasteiger partial charge >= 0.3 is 0 Å². The minimum absolute atomic E-state index is 0.0232. The zero-order chi connectivity index (χ0) is 17.9. The molecule has 1 N–H and O–H groups in total. The lowest BCUT2D eigenvalue weighted by atomic mass is 10.1. The highest BCUT2D eigenvalue weighted by atomic mass is 32.2. The number of anilines is 1. The number of carbonyl (C=O) groups excluding carboxylic acids is 2. The molecule has 1 aromatic carbocycles. The number of nitrogens with zero attached hydrogens (tertiary/aromatic N) is 2. The van der Waals surface area contributed by atoms with E-state index in [0.29, 0.717) is 37.4 Å². The average Bonchev–Trinajstić information content (AvgIpc) is 2.54. The summed E-state index contributed by atoms with van der Waals surface area (Å²) in [6.45, 7) is 5.12. The van der Waals surface area contributed by atoms with Gasteiger partial charge in [0.15, 0.2) is 5.78 Å². The van der Waals surface area contributed by atoms with E-state index in [-0.39, 0.29) is 17.7 Å². The molecule has 1 unspecified atom stereocenters. The normalized spacial score (nSPS) is 18.1. The summed E-state index contributed by atoms with van der Waals surface area (Å²) < 4.78 is 24.5. The first-order valence-corrected chi connectivity index (χ1v) is 9.64. The number of Topliss-reactive ketones (excluding diaryl/α,β-unsaturated/α-hetero) is 1. The number of hydrogen-bond acceptors (Lipinski definition) is 5. The summed E-state index contributed by atoms with van der Waals surface area (Å²) in [5, 5.41) is 2.82. The second-order valence-electron chi connectivity index (χ2n) is 6.00. The van der Waals surface area contributed by atoms with Gasteiger partial charge in [0.2, 0.25) is 15.9 Å². The zero-order valence-electron chi connectivity index (χ0n) is 14.2. The van der Waals surface area contributed by atoms with Gasteiger partial charge in [-0.1, -0.05) is 0 Å². The van der Waals surface area contributed by atoms with Crippen LogP contribution in [0.2, 0.25) is 0 Å². The molecule has 0 bridgehead atoms. The topological polar surface area (TPSA) is 86.8 Å². The first-order chi connectivity index (χ1) is 11.2. The molecule has 8 heteroatoms. The minimum Gasteiger partial charge on any atom is -0.325 e. The Morgan fingerprint density at radius 2 is 1.62 bits per heavy atom. The van der Waals surface area contributed by atoms with E-state index in [0.717, 1.165) is 0 Å². The molecule has 2 rings (SSSR count). The van der Waals surface area contributed by atoms with Crippen molar-refractivity contribution < 1.29 is 18.0 Å². The van der Waals surface area contributed by atoms with Crippen LogP contribution in [-0.4, -0.2) is 67.8 Å². The number of carbonyl (C=O) groups is 2. The van der Waals surface area contributed by atoms with Crippen LogP contribution in [0.1, 0.15) is 24.2 Å². The van der Waals surface area contributed by atoms with E-state index >= 15 is 0 Å². The van der Waals surface area contributed by atoms with Crippen LogP contribution < -0.4 is 5.32 Å². The SMILES string of the molecule is CC(=O)c1ccc(NC(=O)C(C)N2CCN(S(C)(=O)=O)CC2)cc1. The molecule has 1 aromatic rings. The van der Waals surface area contributed by atoms with Crippen LogP contribution in [0.15, 0.2) is 24.3 Å². The quantitative estimate of drug-likeness (QED) is 0.791. The van der Waals surface area contributed by atoms with Gasteiger partial charge in [0, 0.05) is 37.4 Å². The number of nitrogens with one attached hydrogen (secondary N) is 1. The van der Waals surface area contributed by atoms with Crippen molar-refractivity contribution >= 4 is 27.4 Å². The minimum atomic E-state index is -3.18. The molecule has 1 aliphatic heterocycles. The molecule has 0 saturated carbocycles. The van der Waals surface area contributed by atoms with Crippen LogP contribution in [0.4, 0.5) is 5.69 Å². The predicted molar refractivity (Wildman–Crippen MR) is 92.5 cm³/mol. The second kappa shape index (κ2) is 7.42. The highest BCUT2D eigenvalue weighted by Gasteiger charge is 2.28. The second-order valence-corrected chi connectivity index (χ2v) is 7.98. The van der Waals surface area contributed by atoms with E-state index in [9.17, 15) is 18.0 Å². The molecule has 132 valence electrons. The molecule has 1 amide bonds. The van der Waals surface area contributed by atoms with E-state index in [1.165, 1.54) is 17.5 Å². The standard InChI is InChI=1S/C16H23N3O4S/c1-12(18-8-10-19(11-9-18)24(3,22)23)16(21)17-15-6-4-14(5-7-15)13(2)20/h4-7,12H,8-11H2,1-3H3,(H,17,21). The van der Waals surface area contributed by atoms with Crippen molar-refractivity contribution in [2.45, 2.75) is 19.9 Å². The number of piperazine rings is 1. The Kier molecular flexibility index (Phi) is 5.74. The molecule has 1 heterocycles. The number of rotatable bonds is 5. The predicted octanol–water partition coefficient (Wildman–Crippen LogP) is 0.793. The van der Waals surface area contributed by atoms with E-state index in [1.54, 1.807) is 31.2 Å². The van der Waals surface area contributed by atoms with Gasteiger partial charge in [-0.25, -0.2) is 8.42 Å². The number of hydrogen-bond donors (Lipinski definition) is 1. The molecule has 1 fully saturated rings. The Bertz CT molecular complexity index is 707. The van der Waals surface area contributed by atoms with Crippen molar-refractivity contribution in [3.05, 3.63) is 29.8 Å². The Morgan fingerprint density at radius 1 is 1.08 bits per heavy atom. The number of amides is 1. The molecule has 0 spiro atoms. The summed E-state index contributed by atoms with van der Waals surface area (Å²) in [5.74, 6) is -0.177. The maximum atomic E-state index is 12.4. The third-order valence-corrected chi connectivity index (χ3v) is 5.53. The number of ketones is 1. The van der Waals surface area contributed by atoms with E-state index in [1.807, 2.05) is 4.90 Å². The van der Waals surface area contributed by atoms with Crippen LogP contribution in [0.5, 0.6) is 0 Å². The van der Waals surface area contributed by atoms with Crippen molar-refractivity contribution in [3.8, 4) is 0 Å². The van der Waals surface area contributed by atoms with E-state index in [4.69, 9.17) is 0 Å². The molecule has 24 heavy (non-hydrogen) atoms. The summed E-state index contributed by atoms with van der Waals surface area (Å²) in [6.07, 6.45) is 1.20. The first kappa shape index (κ1) is 18.6. The summed E-state index contributed by atoms with van der Waals surface area (Å²) in [4.78, 5) is 25.6. The van der Waals surface area contributed by atoms with Crippen molar-refractivity contribution in [2.75, 3.05) is 37.8 Å². The van der Waals surface area contributed by atoms with Crippen molar-refractivity contribution in [1.29, 1.82) is 0 Å².